The van der Waals surface area contributed by atoms with Gasteiger partial charge in [0.1, 0.15) is 11.8 Å². The van der Waals surface area contributed by atoms with Gasteiger partial charge < -0.3 is 15.0 Å². The lowest BCUT2D eigenvalue weighted by molar-refractivity contribution is -0.119. The van der Waals surface area contributed by atoms with E-state index in [2.05, 4.69) is 20.6 Å². The summed E-state index contributed by atoms with van der Waals surface area (Å²) in [6.45, 7) is 3.91. The Morgan fingerprint density at radius 3 is 2.50 bits per heavy atom. The Labute approximate surface area is 163 Å². The second-order valence-electron chi connectivity index (χ2n) is 6.66. The van der Waals surface area contributed by atoms with Crippen LogP contribution in [-0.4, -0.2) is 34.9 Å². The molecular formula is C21H24N4O3. The van der Waals surface area contributed by atoms with Crippen molar-refractivity contribution in [3.8, 4) is 5.75 Å². The molecule has 0 radical (unpaired) electrons. The minimum absolute atomic E-state index is 0.0495. The molecule has 0 aliphatic rings. The van der Waals surface area contributed by atoms with Crippen molar-refractivity contribution in [1.29, 1.82) is 0 Å². The van der Waals surface area contributed by atoms with Crippen LogP contribution in [0.25, 0.3) is 11.0 Å². The van der Waals surface area contributed by atoms with Crippen molar-refractivity contribution in [2.75, 3.05) is 12.4 Å². The average molecular weight is 380 g/mol. The van der Waals surface area contributed by atoms with Gasteiger partial charge in [-0.15, -0.1) is 0 Å². The van der Waals surface area contributed by atoms with E-state index in [0.29, 0.717) is 17.3 Å². The van der Waals surface area contributed by atoms with Crippen LogP contribution in [0.1, 0.15) is 30.6 Å². The lowest BCUT2D eigenvalue weighted by Crippen LogP contribution is -2.47. The molecule has 3 N–H and O–H groups in total. The van der Waals surface area contributed by atoms with Gasteiger partial charge in [0.15, 0.2) is 0 Å². The molecule has 146 valence electrons. The van der Waals surface area contributed by atoms with Crippen LogP contribution in [0.15, 0.2) is 48.5 Å². The Bertz CT molecular complexity index is 932. The molecule has 0 spiro atoms. The summed E-state index contributed by atoms with van der Waals surface area (Å²) in [5.41, 5.74) is 2.06. The van der Waals surface area contributed by atoms with Crippen molar-refractivity contribution >= 4 is 28.8 Å². The second kappa shape index (κ2) is 8.56. The largest absolute Gasteiger partial charge is 0.497 e. The average Bonchev–Trinajstić information content (AvgIpc) is 3.13. The molecule has 0 fully saturated rings. The molecule has 0 bridgehead atoms. The number of ether oxygens (including phenoxy) is 1. The smallest absolute Gasteiger partial charge is 0.251 e. The summed E-state index contributed by atoms with van der Waals surface area (Å²) in [7, 11) is 1.57. The van der Waals surface area contributed by atoms with Gasteiger partial charge in [0.2, 0.25) is 11.9 Å². The summed E-state index contributed by atoms with van der Waals surface area (Å²) in [4.78, 5) is 32.9. The van der Waals surface area contributed by atoms with E-state index >= 15 is 0 Å². The van der Waals surface area contributed by atoms with Crippen LogP contribution in [0.5, 0.6) is 5.75 Å². The summed E-state index contributed by atoms with van der Waals surface area (Å²) in [6, 6.07) is 13.6. The Hall–Kier alpha value is -3.35. The van der Waals surface area contributed by atoms with Crippen LogP contribution in [-0.2, 0) is 4.79 Å². The van der Waals surface area contributed by atoms with Crippen molar-refractivity contribution in [2.45, 2.75) is 26.3 Å². The van der Waals surface area contributed by atoms with Gasteiger partial charge in [-0.25, -0.2) is 4.98 Å². The summed E-state index contributed by atoms with van der Waals surface area (Å²) in [5.74, 6) is 0.352. The lowest BCUT2D eigenvalue weighted by atomic mass is 9.98. The summed E-state index contributed by atoms with van der Waals surface area (Å²) >= 11 is 0. The fraction of sp³-hybridized carbons (Fsp3) is 0.286. The third kappa shape index (κ3) is 4.31. The van der Waals surface area contributed by atoms with Crippen LogP contribution < -0.4 is 15.4 Å². The van der Waals surface area contributed by atoms with E-state index in [4.69, 9.17) is 4.74 Å². The molecule has 1 heterocycles. The fourth-order valence-electron chi connectivity index (χ4n) is 2.88. The molecule has 0 aliphatic carbocycles. The highest BCUT2D eigenvalue weighted by molar-refractivity contribution is 6.01. The molecule has 0 saturated carbocycles. The minimum Gasteiger partial charge on any atom is -0.497 e. The van der Waals surface area contributed by atoms with Crippen LogP contribution in [0, 0.1) is 5.92 Å². The number of rotatable bonds is 7. The SMILES string of the molecule is CC[C@@H](C)[C@H](NC(=O)c1ccc(OC)cc1)C(=O)Nc1nc2ccccc2[nH]1. The number of amides is 2. The van der Waals surface area contributed by atoms with Crippen molar-refractivity contribution in [3.63, 3.8) is 0 Å². The second-order valence-corrected chi connectivity index (χ2v) is 6.66. The van der Waals surface area contributed by atoms with E-state index in [0.717, 1.165) is 17.5 Å². The number of anilines is 1. The number of aromatic nitrogens is 2. The third-order valence-corrected chi connectivity index (χ3v) is 4.77. The number of imidazole rings is 1. The molecule has 28 heavy (non-hydrogen) atoms. The van der Waals surface area contributed by atoms with Gasteiger partial charge in [0.25, 0.3) is 5.91 Å². The van der Waals surface area contributed by atoms with Gasteiger partial charge >= 0.3 is 0 Å². The number of para-hydroxylation sites is 2. The Morgan fingerprint density at radius 2 is 1.86 bits per heavy atom. The highest BCUT2D eigenvalue weighted by Crippen LogP contribution is 2.16. The molecule has 7 nitrogen and oxygen atoms in total. The highest BCUT2D eigenvalue weighted by Gasteiger charge is 2.27. The number of methoxy groups -OCH3 is 1. The van der Waals surface area contributed by atoms with Crippen LogP contribution in [0.3, 0.4) is 0 Å². The molecule has 2 aromatic carbocycles. The molecular weight excluding hydrogens is 356 g/mol. The fourth-order valence-corrected chi connectivity index (χ4v) is 2.88. The zero-order valence-electron chi connectivity index (χ0n) is 16.2. The number of nitrogens with zero attached hydrogens (tertiary/aromatic N) is 1. The highest BCUT2D eigenvalue weighted by atomic mass is 16.5. The van der Waals surface area contributed by atoms with Gasteiger partial charge in [0.05, 0.1) is 18.1 Å². The van der Waals surface area contributed by atoms with Crippen molar-refractivity contribution in [2.24, 2.45) is 5.92 Å². The Morgan fingerprint density at radius 1 is 1.14 bits per heavy atom. The summed E-state index contributed by atoms with van der Waals surface area (Å²) < 4.78 is 5.11. The van der Waals surface area contributed by atoms with E-state index in [-0.39, 0.29) is 17.7 Å². The number of carbonyl (C=O) groups excluding carboxylic acids is 2. The van der Waals surface area contributed by atoms with Crippen LogP contribution >= 0.6 is 0 Å². The number of benzene rings is 2. The number of nitrogens with one attached hydrogen (secondary N) is 3. The maximum atomic E-state index is 12.9. The number of aromatic amines is 1. The maximum Gasteiger partial charge on any atom is 0.251 e. The van der Waals surface area contributed by atoms with Crippen molar-refractivity contribution in [3.05, 3.63) is 54.1 Å². The summed E-state index contributed by atoms with van der Waals surface area (Å²) in [5, 5.41) is 5.62. The van der Waals surface area contributed by atoms with Crippen LogP contribution in [0.2, 0.25) is 0 Å². The van der Waals surface area contributed by atoms with Gasteiger partial charge in [0, 0.05) is 5.56 Å². The molecule has 2 atom stereocenters. The molecule has 2 amide bonds. The van der Waals surface area contributed by atoms with Crippen LogP contribution in [0.4, 0.5) is 5.95 Å². The van der Waals surface area contributed by atoms with E-state index in [1.54, 1.807) is 31.4 Å². The molecule has 3 rings (SSSR count). The van der Waals surface area contributed by atoms with Gasteiger partial charge in [-0.3, -0.25) is 14.9 Å². The van der Waals surface area contributed by atoms with Crippen molar-refractivity contribution in [1.82, 2.24) is 15.3 Å². The molecule has 0 unspecified atom stereocenters. The van der Waals surface area contributed by atoms with Gasteiger partial charge in [-0.1, -0.05) is 32.4 Å². The maximum absolute atomic E-state index is 12.9. The third-order valence-electron chi connectivity index (χ3n) is 4.77. The van der Waals surface area contributed by atoms with Crippen molar-refractivity contribution < 1.29 is 14.3 Å². The lowest BCUT2D eigenvalue weighted by Gasteiger charge is -2.23. The van der Waals surface area contributed by atoms with E-state index in [9.17, 15) is 9.59 Å². The first-order valence-corrected chi connectivity index (χ1v) is 9.22. The Kier molecular flexibility index (Phi) is 5.93. The number of hydrogen-bond donors (Lipinski definition) is 3. The van der Waals surface area contributed by atoms with E-state index in [1.165, 1.54) is 0 Å². The molecule has 1 aromatic heterocycles. The number of H-pyrrole nitrogens is 1. The first kappa shape index (κ1) is 19.4. The zero-order valence-corrected chi connectivity index (χ0v) is 16.2. The normalized spacial score (nSPS) is 13.0. The minimum atomic E-state index is -0.687. The van der Waals surface area contributed by atoms with Gasteiger partial charge in [-0.05, 0) is 42.3 Å². The molecule has 7 heteroatoms. The Balaban J connectivity index is 1.74. The number of carbonyl (C=O) groups is 2. The summed E-state index contributed by atoms with van der Waals surface area (Å²) in [6.07, 6.45) is 0.737. The van der Waals surface area contributed by atoms with E-state index < -0.39 is 6.04 Å². The molecule has 0 saturated heterocycles. The van der Waals surface area contributed by atoms with E-state index in [1.807, 2.05) is 38.1 Å². The topological polar surface area (TPSA) is 96.1 Å². The van der Waals surface area contributed by atoms with Gasteiger partial charge in [-0.2, -0.15) is 0 Å². The zero-order chi connectivity index (χ0) is 20.1. The quantitative estimate of drug-likeness (QED) is 0.586. The standard InChI is InChI=1S/C21H24N4O3/c1-4-13(2)18(24-19(26)14-9-11-15(28-3)12-10-14)20(27)25-21-22-16-7-5-6-8-17(16)23-21/h5-13,18H,4H2,1-3H3,(H,24,26)(H2,22,23,25,27)/t13-,18+/m1/s1. The predicted octanol–water partition coefficient (Wildman–Crippen LogP) is 3.35. The first-order valence-electron chi connectivity index (χ1n) is 9.22. The monoisotopic (exact) mass is 380 g/mol. The number of hydrogen-bond acceptors (Lipinski definition) is 4. The first-order chi connectivity index (χ1) is 13.5. The predicted molar refractivity (Wildman–Crippen MR) is 108 cm³/mol. The molecule has 0 aliphatic heterocycles. The molecule has 3 aromatic rings. The number of fused-ring (bicyclic) bond motifs is 1.